The van der Waals surface area contributed by atoms with Gasteiger partial charge in [0.25, 0.3) is 0 Å². The van der Waals surface area contributed by atoms with E-state index >= 15 is 0 Å². The molecule has 0 radical (unpaired) electrons. The Hall–Kier alpha value is 0.704. The van der Waals surface area contributed by atoms with Crippen LogP contribution in [0.3, 0.4) is 0 Å². The molecule has 1 aliphatic rings. The molecule has 1 saturated heterocycles. The van der Waals surface area contributed by atoms with Crippen LogP contribution in [0.2, 0.25) is 0 Å². The van der Waals surface area contributed by atoms with Gasteiger partial charge in [0.15, 0.2) is 0 Å². The summed E-state index contributed by atoms with van der Waals surface area (Å²) in [5.74, 6) is 0. The third-order valence-electron chi connectivity index (χ3n) is 0.744. The standard InChI is InChI=1S/C4H8O2.ClH.Ni/c1-2-6-4-3-5-1;;/h1-4H2;1H;/q;;+1/p-1. The Bertz CT molecular complexity index is 29.5. The quantitative estimate of drug-likeness (QED) is 0.514. The molecule has 1 fully saturated rings. The van der Waals surface area contributed by atoms with Gasteiger partial charge in [0, 0.05) is 0 Å². The molecule has 1 aliphatic heterocycles. The van der Waals surface area contributed by atoms with Crippen LogP contribution >= 0.6 is 10.2 Å². The van der Waals surface area contributed by atoms with Crippen LogP contribution in [0.1, 0.15) is 0 Å². The maximum atomic E-state index is 4.94. The van der Waals surface area contributed by atoms with Crippen molar-refractivity contribution in [1.82, 2.24) is 0 Å². The van der Waals surface area contributed by atoms with E-state index in [1.165, 1.54) is 0 Å². The van der Waals surface area contributed by atoms with Crippen molar-refractivity contribution in [3.8, 4) is 0 Å². The van der Waals surface area contributed by atoms with Gasteiger partial charge in [-0.1, -0.05) is 0 Å². The summed E-state index contributed by atoms with van der Waals surface area (Å²) in [4.78, 5) is 0. The molecule has 0 bridgehead atoms. The van der Waals surface area contributed by atoms with Crippen molar-refractivity contribution in [2.45, 2.75) is 0 Å². The molecule has 0 spiro atoms. The molecule has 0 atom stereocenters. The Morgan fingerprint density at radius 3 is 1.25 bits per heavy atom. The van der Waals surface area contributed by atoms with E-state index in [0.717, 1.165) is 26.4 Å². The maximum absolute atomic E-state index is 4.94. The van der Waals surface area contributed by atoms with E-state index in [4.69, 9.17) is 9.47 Å². The molecule has 4 heteroatoms. The first-order valence-corrected chi connectivity index (χ1v) is 3.63. The van der Waals surface area contributed by atoms with E-state index in [0.29, 0.717) is 0 Å². The number of rotatable bonds is 0. The molecule has 0 saturated carbocycles. The summed E-state index contributed by atoms with van der Waals surface area (Å²) in [7, 11) is 4.26. The topological polar surface area (TPSA) is 18.5 Å². The molecule has 0 amide bonds. The van der Waals surface area contributed by atoms with Gasteiger partial charge in [0.1, 0.15) is 0 Å². The second-order valence-electron chi connectivity index (χ2n) is 1.22. The molecular weight excluding hydrogens is 174 g/mol. The van der Waals surface area contributed by atoms with Crippen molar-refractivity contribution in [3.63, 3.8) is 0 Å². The van der Waals surface area contributed by atoms with E-state index in [9.17, 15) is 0 Å². The van der Waals surface area contributed by atoms with Gasteiger partial charge in [-0.05, 0) is 0 Å². The van der Waals surface area contributed by atoms with Gasteiger partial charge in [-0.15, -0.1) is 0 Å². The molecule has 0 unspecified atom stereocenters. The summed E-state index contributed by atoms with van der Waals surface area (Å²) < 4.78 is 9.89. The van der Waals surface area contributed by atoms with Crippen LogP contribution in [-0.2, 0) is 24.0 Å². The van der Waals surface area contributed by atoms with Crippen LogP contribution in [0.25, 0.3) is 0 Å². The summed E-state index contributed by atoms with van der Waals surface area (Å²) in [5.41, 5.74) is 0. The van der Waals surface area contributed by atoms with Gasteiger partial charge in [-0.3, -0.25) is 0 Å². The molecule has 53 valence electrons. The predicted molar refractivity (Wildman–Crippen MR) is 27.5 cm³/mol. The van der Waals surface area contributed by atoms with Crippen molar-refractivity contribution in [2.75, 3.05) is 26.4 Å². The van der Waals surface area contributed by atoms with Crippen molar-refractivity contribution < 1.29 is 24.0 Å². The molecule has 0 N–H and O–H groups in total. The van der Waals surface area contributed by atoms with Crippen molar-refractivity contribution in [3.05, 3.63) is 0 Å². The number of hydrogen-bond acceptors (Lipinski definition) is 2. The van der Waals surface area contributed by atoms with Gasteiger partial charge in [0.05, 0.1) is 26.4 Å². The first-order chi connectivity index (χ1) is 4.00. The second-order valence-corrected chi connectivity index (χ2v) is 1.22. The molecule has 8 heavy (non-hydrogen) atoms. The van der Waals surface area contributed by atoms with Crippen molar-refractivity contribution in [2.24, 2.45) is 0 Å². The molecule has 0 aliphatic carbocycles. The van der Waals surface area contributed by atoms with E-state index in [-0.39, 0.29) is 0 Å². The fourth-order valence-corrected chi connectivity index (χ4v) is 0.440. The fraction of sp³-hybridized carbons (Fsp3) is 1.00. The van der Waals surface area contributed by atoms with Crippen molar-refractivity contribution >= 4 is 10.2 Å². The number of hydrogen-bond donors (Lipinski definition) is 0. The second kappa shape index (κ2) is 7.70. The molecule has 0 aromatic carbocycles. The van der Waals surface area contributed by atoms with Gasteiger partial charge in [-0.25, -0.2) is 0 Å². The van der Waals surface area contributed by atoms with Crippen molar-refractivity contribution in [1.29, 1.82) is 0 Å². The van der Waals surface area contributed by atoms with Gasteiger partial charge >= 0.3 is 24.8 Å². The van der Waals surface area contributed by atoms with E-state index in [2.05, 4.69) is 24.8 Å². The summed E-state index contributed by atoms with van der Waals surface area (Å²) in [5, 5.41) is 0. The Kier molecular flexibility index (Phi) is 8.38. The normalized spacial score (nSPS) is 18.9. The molecule has 1 heterocycles. The van der Waals surface area contributed by atoms with Crippen LogP contribution in [0.5, 0.6) is 0 Å². The minimum atomic E-state index is 0.778. The van der Waals surface area contributed by atoms with Crippen LogP contribution in [0.15, 0.2) is 0 Å². The third-order valence-corrected chi connectivity index (χ3v) is 0.744. The molecular formula is C4H8ClNiO2. The van der Waals surface area contributed by atoms with E-state index in [1.54, 1.807) is 0 Å². The molecule has 0 aromatic heterocycles. The summed E-state index contributed by atoms with van der Waals surface area (Å²) in [6.45, 7) is 3.11. The van der Waals surface area contributed by atoms with Gasteiger partial charge in [0.2, 0.25) is 0 Å². The Balaban J connectivity index is 0.000000222. The molecule has 2 nitrogen and oxygen atoms in total. The van der Waals surface area contributed by atoms with Crippen LogP contribution in [-0.4, -0.2) is 26.4 Å². The minimum absolute atomic E-state index is 0.778. The SMILES string of the molecule is C1COCCO1.[Cl][Ni]. The third kappa shape index (κ3) is 4.85. The summed E-state index contributed by atoms with van der Waals surface area (Å²) in [6.07, 6.45) is 0. The predicted octanol–water partition coefficient (Wildman–Crippen LogP) is 0.720. The zero-order valence-corrected chi connectivity index (χ0v) is 6.08. The average molecular weight is 182 g/mol. The Labute approximate surface area is 61.1 Å². The first kappa shape index (κ1) is 8.70. The fourth-order valence-electron chi connectivity index (χ4n) is 0.440. The first-order valence-electron chi connectivity index (χ1n) is 2.27. The van der Waals surface area contributed by atoms with Crippen LogP contribution in [0, 0.1) is 0 Å². The summed E-state index contributed by atoms with van der Waals surface area (Å²) >= 11 is 3.35. The number of ether oxygens (including phenoxy) is 2. The monoisotopic (exact) mass is 181 g/mol. The zero-order chi connectivity index (χ0) is 6.24. The molecule has 0 aromatic rings. The van der Waals surface area contributed by atoms with E-state index in [1.807, 2.05) is 0 Å². The van der Waals surface area contributed by atoms with Crippen LogP contribution in [0.4, 0.5) is 0 Å². The van der Waals surface area contributed by atoms with E-state index < -0.39 is 0 Å². The Morgan fingerprint density at radius 1 is 0.875 bits per heavy atom. The average Bonchev–Trinajstić information content (AvgIpc) is 1.96. The van der Waals surface area contributed by atoms with Gasteiger partial charge < -0.3 is 9.47 Å². The Morgan fingerprint density at radius 2 is 1.12 bits per heavy atom. The summed E-state index contributed by atoms with van der Waals surface area (Å²) in [6, 6.07) is 0. The number of halogens is 1. The van der Waals surface area contributed by atoms with Gasteiger partial charge in [-0.2, -0.15) is 0 Å². The molecule has 1 rings (SSSR count). The van der Waals surface area contributed by atoms with Crippen LogP contribution < -0.4 is 0 Å². The zero-order valence-electron chi connectivity index (χ0n) is 4.34.